The van der Waals surface area contributed by atoms with Crippen molar-refractivity contribution in [2.24, 2.45) is 0 Å². The van der Waals surface area contributed by atoms with Crippen LogP contribution >= 0.6 is 0 Å². The number of hydrogen-bond acceptors (Lipinski definition) is 2. The smallest absolute Gasteiger partial charge is 0.409 e. The van der Waals surface area contributed by atoms with E-state index in [0.717, 1.165) is 5.56 Å². The number of rotatable bonds is 2. The van der Waals surface area contributed by atoms with E-state index in [4.69, 9.17) is 5.11 Å². The fourth-order valence-electron chi connectivity index (χ4n) is 1.08. The minimum absolute atomic E-state index is 0.491. The fourth-order valence-corrected chi connectivity index (χ4v) is 1.08. The molecule has 1 aromatic rings. The van der Waals surface area contributed by atoms with Gasteiger partial charge in [-0.25, -0.2) is 4.79 Å². The molecule has 0 unspecified atom stereocenters. The van der Waals surface area contributed by atoms with Gasteiger partial charge < -0.3 is 10.2 Å². The van der Waals surface area contributed by atoms with E-state index in [9.17, 15) is 9.90 Å². The van der Waals surface area contributed by atoms with Crippen molar-refractivity contribution < 1.29 is 15.0 Å². The molecular formula is C10H13NO3. The molecule has 4 nitrogen and oxygen atoms in total. The second-order valence-electron chi connectivity index (χ2n) is 3.57. The Bertz CT molecular complexity index is 324. The molecule has 1 aromatic carbocycles. The van der Waals surface area contributed by atoms with Crippen molar-refractivity contribution in [1.29, 1.82) is 0 Å². The van der Waals surface area contributed by atoms with Crippen LogP contribution < -0.4 is 5.32 Å². The predicted octanol–water partition coefficient (Wildman–Crippen LogP) is 2.00. The zero-order chi connectivity index (χ0) is 10.8. The van der Waals surface area contributed by atoms with Crippen LogP contribution in [0.4, 0.5) is 10.5 Å². The number of nitrogens with one attached hydrogen (secondary N) is 1. The van der Waals surface area contributed by atoms with Gasteiger partial charge >= 0.3 is 6.09 Å². The second-order valence-corrected chi connectivity index (χ2v) is 3.57. The van der Waals surface area contributed by atoms with Crippen molar-refractivity contribution in [3.63, 3.8) is 0 Å². The van der Waals surface area contributed by atoms with E-state index in [1.54, 1.807) is 38.1 Å². The van der Waals surface area contributed by atoms with Gasteiger partial charge in [0.15, 0.2) is 0 Å². The Morgan fingerprint density at radius 1 is 1.29 bits per heavy atom. The van der Waals surface area contributed by atoms with Crippen LogP contribution in [0.3, 0.4) is 0 Å². The lowest BCUT2D eigenvalue weighted by atomic mass is 9.98. The van der Waals surface area contributed by atoms with Crippen LogP contribution in [0.1, 0.15) is 19.4 Å². The molecule has 0 aliphatic carbocycles. The molecule has 0 heterocycles. The monoisotopic (exact) mass is 195 g/mol. The predicted molar refractivity (Wildman–Crippen MR) is 53.3 cm³/mol. The van der Waals surface area contributed by atoms with Crippen LogP contribution in [-0.2, 0) is 5.60 Å². The first-order valence-corrected chi connectivity index (χ1v) is 4.22. The lowest BCUT2D eigenvalue weighted by Gasteiger charge is -2.17. The summed E-state index contributed by atoms with van der Waals surface area (Å²) in [4.78, 5) is 10.3. The van der Waals surface area contributed by atoms with E-state index in [1.165, 1.54) is 0 Å². The van der Waals surface area contributed by atoms with Gasteiger partial charge in [0.25, 0.3) is 0 Å². The quantitative estimate of drug-likeness (QED) is 0.676. The number of benzene rings is 1. The molecule has 4 heteroatoms. The lowest BCUT2D eigenvalue weighted by molar-refractivity contribution is 0.0786. The summed E-state index contributed by atoms with van der Waals surface area (Å²) < 4.78 is 0. The molecule has 0 aliphatic heterocycles. The van der Waals surface area contributed by atoms with E-state index in [2.05, 4.69) is 5.32 Å². The Hall–Kier alpha value is -1.55. The average Bonchev–Trinajstić information content (AvgIpc) is 2.02. The third kappa shape index (κ3) is 2.74. The Morgan fingerprint density at radius 2 is 1.79 bits per heavy atom. The molecular weight excluding hydrogens is 182 g/mol. The molecule has 1 amide bonds. The Morgan fingerprint density at radius 3 is 2.14 bits per heavy atom. The van der Waals surface area contributed by atoms with Gasteiger partial charge in [0, 0.05) is 5.69 Å². The van der Waals surface area contributed by atoms with Crippen molar-refractivity contribution in [3.05, 3.63) is 29.8 Å². The van der Waals surface area contributed by atoms with Gasteiger partial charge in [-0.3, -0.25) is 5.32 Å². The van der Waals surface area contributed by atoms with Crippen LogP contribution in [0.25, 0.3) is 0 Å². The molecule has 0 bridgehead atoms. The zero-order valence-corrected chi connectivity index (χ0v) is 8.11. The van der Waals surface area contributed by atoms with E-state index in [-0.39, 0.29) is 0 Å². The lowest BCUT2D eigenvalue weighted by Crippen LogP contribution is -2.15. The molecule has 0 saturated carbocycles. The summed E-state index contributed by atoms with van der Waals surface area (Å²) in [6, 6.07) is 6.60. The van der Waals surface area contributed by atoms with Gasteiger partial charge in [0.2, 0.25) is 0 Å². The average molecular weight is 195 g/mol. The highest BCUT2D eigenvalue weighted by Crippen LogP contribution is 2.21. The van der Waals surface area contributed by atoms with Gasteiger partial charge in [-0.05, 0) is 31.5 Å². The van der Waals surface area contributed by atoms with Gasteiger partial charge in [-0.1, -0.05) is 12.1 Å². The Kier molecular flexibility index (Phi) is 2.76. The zero-order valence-electron chi connectivity index (χ0n) is 8.11. The topological polar surface area (TPSA) is 69.6 Å². The maximum absolute atomic E-state index is 10.3. The molecule has 76 valence electrons. The number of carboxylic acid groups (broad SMARTS) is 1. The molecule has 0 radical (unpaired) electrons. The fraction of sp³-hybridized carbons (Fsp3) is 0.300. The first-order valence-electron chi connectivity index (χ1n) is 4.22. The molecule has 0 saturated heterocycles. The first kappa shape index (κ1) is 10.5. The normalized spacial score (nSPS) is 11.1. The van der Waals surface area contributed by atoms with Gasteiger partial charge in [-0.2, -0.15) is 0 Å². The summed E-state index contributed by atoms with van der Waals surface area (Å²) in [5.74, 6) is 0. The van der Waals surface area contributed by atoms with Crippen LogP contribution in [0.2, 0.25) is 0 Å². The van der Waals surface area contributed by atoms with Crippen molar-refractivity contribution in [2.75, 3.05) is 5.32 Å². The SMILES string of the molecule is CC(C)(O)c1ccc(NC(=O)O)cc1. The van der Waals surface area contributed by atoms with Gasteiger partial charge in [0.05, 0.1) is 5.60 Å². The third-order valence-corrected chi connectivity index (χ3v) is 1.84. The second kappa shape index (κ2) is 3.67. The number of hydrogen-bond donors (Lipinski definition) is 3. The van der Waals surface area contributed by atoms with E-state index >= 15 is 0 Å². The van der Waals surface area contributed by atoms with E-state index < -0.39 is 11.7 Å². The Balaban J connectivity index is 2.84. The maximum atomic E-state index is 10.3. The van der Waals surface area contributed by atoms with Crippen LogP contribution in [-0.4, -0.2) is 16.3 Å². The van der Waals surface area contributed by atoms with Gasteiger partial charge in [-0.15, -0.1) is 0 Å². The van der Waals surface area contributed by atoms with Crippen molar-refractivity contribution in [2.45, 2.75) is 19.4 Å². The summed E-state index contributed by atoms with van der Waals surface area (Å²) in [7, 11) is 0. The minimum Gasteiger partial charge on any atom is -0.465 e. The summed E-state index contributed by atoms with van der Waals surface area (Å²) in [6.07, 6.45) is -1.10. The standard InChI is InChI=1S/C10H13NO3/c1-10(2,14)7-3-5-8(6-4-7)11-9(12)13/h3-6,11,14H,1-2H3,(H,12,13). The third-order valence-electron chi connectivity index (χ3n) is 1.84. The molecule has 0 atom stereocenters. The van der Waals surface area contributed by atoms with Crippen LogP contribution in [0.5, 0.6) is 0 Å². The molecule has 3 N–H and O–H groups in total. The highest BCUT2D eigenvalue weighted by molar-refractivity contribution is 5.82. The maximum Gasteiger partial charge on any atom is 0.409 e. The van der Waals surface area contributed by atoms with Crippen LogP contribution in [0.15, 0.2) is 24.3 Å². The summed E-state index contributed by atoms with van der Waals surface area (Å²) in [5, 5.41) is 20.3. The molecule has 0 fully saturated rings. The molecule has 0 aromatic heterocycles. The van der Waals surface area contributed by atoms with E-state index in [0.29, 0.717) is 5.69 Å². The summed E-state index contributed by atoms with van der Waals surface area (Å²) >= 11 is 0. The highest BCUT2D eigenvalue weighted by atomic mass is 16.4. The molecule has 0 spiro atoms. The molecule has 14 heavy (non-hydrogen) atoms. The summed E-state index contributed by atoms with van der Waals surface area (Å²) in [5.41, 5.74) is 0.334. The number of anilines is 1. The van der Waals surface area contributed by atoms with E-state index in [1.807, 2.05) is 0 Å². The van der Waals surface area contributed by atoms with Crippen molar-refractivity contribution >= 4 is 11.8 Å². The Labute approximate surface area is 82.2 Å². The minimum atomic E-state index is -1.10. The number of carbonyl (C=O) groups is 1. The van der Waals surface area contributed by atoms with Crippen molar-refractivity contribution in [1.82, 2.24) is 0 Å². The highest BCUT2D eigenvalue weighted by Gasteiger charge is 2.15. The summed E-state index contributed by atoms with van der Waals surface area (Å²) in [6.45, 7) is 3.35. The molecule has 1 rings (SSSR count). The van der Waals surface area contributed by atoms with Gasteiger partial charge in [0.1, 0.15) is 0 Å². The molecule has 0 aliphatic rings. The largest absolute Gasteiger partial charge is 0.465 e. The first-order chi connectivity index (χ1) is 6.39. The number of aliphatic hydroxyl groups is 1. The van der Waals surface area contributed by atoms with Crippen molar-refractivity contribution in [3.8, 4) is 0 Å². The number of amides is 1. The van der Waals surface area contributed by atoms with Crippen LogP contribution in [0, 0.1) is 0 Å².